The van der Waals surface area contributed by atoms with Gasteiger partial charge in [0.2, 0.25) is 0 Å². The molecule has 0 aliphatic carbocycles. The first-order valence-corrected chi connectivity index (χ1v) is 3.84. The lowest BCUT2D eigenvalue weighted by molar-refractivity contribution is 0.284. The maximum Gasteiger partial charge on any atom is 0.0431 e. The van der Waals surface area contributed by atoms with Crippen LogP contribution in [0.5, 0.6) is 0 Å². The molecule has 0 atom stereocenters. The lowest BCUT2D eigenvalue weighted by atomic mass is 10.1. The van der Waals surface area contributed by atoms with Gasteiger partial charge in [-0.3, -0.25) is 0 Å². The molecule has 0 bridgehead atoms. The predicted octanol–water partition coefficient (Wildman–Crippen LogP) is 2.15. The number of aliphatic hydroxyl groups excluding tert-OH is 1. The monoisotopic (exact) mass is 129 g/mol. The molecule has 0 aliphatic rings. The molecule has 0 amide bonds. The molecule has 0 fully saturated rings. The average Bonchev–Trinajstić information content (AvgIpc) is 1.89. The highest BCUT2D eigenvalue weighted by molar-refractivity contribution is 4.62. The van der Waals surface area contributed by atoms with Crippen LogP contribution < -0.4 is 0 Å². The van der Waals surface area contributed by atoms with Gasteiger partial charge in [0, 0.05) is 6.61 Å². The Labute approximate surface area is 58.1 Å². The van der Waals surface area contributed by atoms with Crippen LogP contribution in [0, 0.1) is 6.42 Å². The Morgan fingerprint density at radius 1 is 1.22 bits per heavy atom. The van der Waals surface area contributed by atoms with Crippen LogP contribution in [-0.4, -0.2) is 11.7 Å². The van der Waals surface area contributed by atoms with Crippen LogP contribution in [-0.2, 0) is 0 Å². The first kappa shape index (κ1) is 8.96. The van der Waals surface area contributed by atoms with Crippen molar-refractivity contribution in [3.63, 3.8) is 0 Å². The minimum atomic E-state index is 0.347. The molecule has 1 heteroatoms. The Balaban J connectivity index is 2.60. The predicted molar refractivity (Wildman–Crippen MR) is 40.1 cm³/mol. The maximum atomic E-state index is 8.41. The average molecular weight is 129 g/mol. The zero-order valence-electron chi connectivity index (χ0n) is 6.27. The molecular weight excluding hydrogens is 112 g/mol. The summed E-state index contributed by atoms with van der Waals surface area (Å²) in [5.41, 5.74) is 0. The third kappa shape index (κ3) is 7.96. The van der Waals surface area contributed by atoms with Crippen molar-refractivity contribution in [2.24, 2.45) is 0 Å². The van der Waals surface area contributed by atoms with Crippen LogP contribution in [0.3, 0.4) is 0 Å². The SMILES string of the molecule is CCC[CH]CCCCO. The first-order chi connectivity index (χ1) is 4.41. The highest BCUT2D eigenvalue weighted by Gasteiger charge is 1.86. The van der Waals surface area contributed by atoms with Gasteiger partial charge in [0.15, 0.2) is 0 Å². The van der Waals surface area contributed by atoms with Crippen LogP contribution in [0.4, 0.5) is 0 Å². The second-order valence-electron chi connectivity index (χ2n) is 2.30. The Morgan fingerprint density at radius 3 is 2.56 bits per heavy atom. The Morgan fingerprint density at radius 2 is 2.00 bits per heavy atom. The van der Waals surface area contributed by atoms with Crippen LogP contribution >= 0.6 is 0 Å². The zero-order chi connectivity index (χ0) is 6.95. The van der Waals surface area contributed by atoms with Gasteiger partial charge in [-0.1, -0.05) is 32.6 Å². The van der Waals surface area contributed by atoms with Crippen molar-refractivity contribution in [3.8, 4) is 0 Å². The second-order valence-corrected chi connectivity index (χ2v) is 2.30. The molecule has 0 aromatic rings. The second kappa shape index (κ2) is 7.96. The summed E-state index contributed by atoms with van der Waals surface area (Å²) < 4.78 is 0. The van der Waals surface area contributed by atoms with E-state index in [1.54, 1.807) is 0 Å². The van der Waals surface area contributed by atoms with E-state index >= 15 is 0 Å². The van der Waals surface area contributed by atoms with E-state index in [4.69, 9.17) is 5.11 Å². The molecular formula is C8H17O. The Bertz CT molecular complexity index is 37.8. The molecule has 55 valence electrons. The summed E-state index contributed by atoms with van der Waals surface area (Å²) in [4.78, 5) is 0. The number of aliphatic hydroxyl groups is 1. The van der Waals surface area contributed by atoms with Crippen LogP contribution in [0.25, 0.3) is 0 Å². The van der Waals surface area contributed by atoms with Crippen LogP contribution in [0.15, 0.2) is 0 Å². The van der Waals surface area contributed by atoms with E-state index in [1.165, 1.54) is 19.3 Å². The van der Waals surface area contributed by atoms with E-state index in [0.29, 0.717) is 6.61 Å². The summed E-state index contributed by atoms with van der Waals surface area (Å²) in [5.74, 6) is 0. The molecule has 0 aromatic heterocycles. The van der Waals surface area contributed by atoms with Crippen molar-refractivity contribution >= 4 is 0 Å². The number of hydrogen-bond acceptors (Lipinski definition) is 1. The van der Waals surface area contributed by atoms with E-state index in [0.717, 1.165) is 12.8 Å². The van der Waals surface area contributed by atoms with Gasteiger partial charge in [0.05, 0.1) is 0 Å². The van der Waals surface area contributed by atoms with Gasteiger partial charge in [0.25, 0.3) is 0 Å². The van der Waals surface area contributed by atoms with Gasteiger partial charge in [-0.05, 0) is 12.8 Å². The molecule has 0 aliphatic heterocycles. The van der Waals surface area contributed by atoms with Crippen molar-refractivity contribution in [3.05, 3.63) is 6.42 Å². The highest BCUT2D eigenvalue weighted by atomic mass is 16.2. The molecule has 1 N–H and O–H groups in total. The minimum absolute atomic E-state index is 0.347. The minimum Gasteiger partial charge on any atom is -0.396 e. The molecule has 0 heterocycles. The summed E-state index contributed by atoms with van der Waals surface area (Å²) >= 11 is 0. The van der Waals surface area contributed by atoms with E-state index in [2.05, 4.69) is 13.3 Å². The molecule has 1 nitrogen and oxygen atoms in total. The Hall–Kier alpha value is -0.0400. The van der Waals surface area contributed by atoms with Gasteiger partial charge in [-0.2, -0.15) is 0 Å². The van der Waals surface area contributed by atoms with E-state index in [1.807, 2.05) is 0 Å². The van der Waals surface area contributed by atoms with Crippen molar-refractivity contribution in [1.29, 1.82) is 0 Å². The largest absolute Gasteiger partial charge is 0.396 e. The van der Waals surface area contributed by atoms with Gasteiger partial charge in [-0.25, -0.2) is 0 Å². The zero-order valence-corrected chi connectivity index (χ0v) is 6.27. The highest BCUT2D eigenvalue weighted by Crippen LogP contribution is 2.02. The van der Waals surface area contributed by atoms with E-state index in [-0.39, 0.29) is 0 Å². The summed E-state index contributed by atoms with van der Waals surface area (Å²) in [6, 6.07) is 0. The molecule has 0 saturated carbocycles. The lowest BCUT2D eigenvalue weighted by Gasteiger charge is -1.95. The van der Waals surface area contributed by atoms with Crippen molar-refractivity contribution in [2.75, 3.05) is 6.61 Å². The van der Waals surface area contributed by atoms with Gasteiger partial charge >= 0.3 is 0 Å². The van der Waals surface area contributed by atoms with Gasteiger partial charge < -0.3 is 5.11 Å². The van der Waals surface area contributed by atoms with E-state index < -0.39 is 0 Å². The maximum absolute atomic E-state index is 8.41. The molecule has 0 unspecified atom stereocenters. The summed E-state index contributed by atoms with van der Waals surface area (Å²) in [6.07, 6.45) is 8.06. The Kier molecular flexibility index (Phi) is 7.92. The molecule has 0 spiro atoms. The quantitative estimate of drug-likeness (QED) is 0.545. The van der Waals surface area contributed by atoms with Crippen LogP contribution in [0.1, 0.15) is 39.0 Å². The number of hydrogen-bond donors (Lipinski definition) is 1. The lowest BCUT2D eigenvalue weighted by Crippen LogP contribution is -1.83. The summed E-state index contributed by atoms with van der Waals surface area (Å²) in [6.45, 7) is 2.53. The number of rotatable bonds is 6. The molecule has 1 radical (unpaired) electrons. The fraction of sp³-hybridized carbons (Fsp3) is 0.875. The van der Waals surface area contributed by atoms with Gasteiger partial charge in [-0.15, -0.1) is 0 Å². The third-order valence-corrected chi connectivity index (χ3v) is 1.31. The fourth-order valence-corrected chi connectivity index (χ4v) is 0.749. The van der Waals surface area contributed by atoms with Gasteiger partial charge in [0.1, 0.15) is 0 Å². The van der Waals surface area contributed by atoms with Crippen molar-refractivity contribution in [1.82, 2.24) is 0 Å². The third-order valence-electron chi connectivity index (χ3n) is 1.31. The first-order valence-electron chi connectivity index (χ1n) is 3.84. The smallest absolute Gasteiger partial charge is 0.0431 e. The molecule has 0 aromatic carbocycles. The van der Waals surface area contributed by atoms with Crippen molar-refractivity contribution in [2.45, 2.75) is 39.0 Å². The van der Waals surface area contributed by atoms with Crippen molar-refractivity contribution < 1.29 is 5.11 Å². The number of unbranched alkanes of at least 4 members (excludes halogenated alkanes) is 5. The molecule has 9 heavy (non-hydrogen) atoms. The standard InChI is InChI=1S/C8H17O/c1-2-3-4-5-6-7-8-9/h4,9H,2-3,5-8H2,1H3. The molecule has 0 rings (SSSR count). The fourth-order valence-electron chi connectivity index (χ4n) is 0.749. The summed E-state index contributed by atoms with van der Waals surface area (Å²) in [5, 5.41) is 8.41. The molecule has 0 saturated heterocycles. The van der Waals surface area contributed by atoms with E-state index in [9.17, 15) is 0 Å². The topological polar surface area (TPSA) is 20.2 Å². The van der Waals surface area contributed by atoms with Crippen LogP contribution in [0.2, 0.25) is 0 Å². The summed E-state index contributed by atoms with van der Waals surface area (Å²) in [7, 11) is 0. The normalized spacial score (nSPS) is 10.0.